The molecule has 0 atom stereocenters. The van der Waals surface area contributed by atoms with Gasteiger partial charge in [-0.25, -0.2) is 0 Å². The third-order valence-electron chi connectivity index (χ3n) is 10.6. The van der Waals surface area contributed by atoms with Crippen molar-refractivity contribution in [3.8, 4) is 22.3 Å². The van der Waals surface area contributed by atoms with Gasteiger partial charge >= 0.3 is 0 Å². The molecule has 0 amide bonds. The van der Waals surface area contributed by atoms with Gasteiger partial charge in [-0.05, 0) is 92.3 Å². The number of fused-ring (bicyclic) bond motifs is 8. The van der Waals surface area contributed by atoms with E-state index in [0.717, 1.165) is 83.2 Å². The standard InChI is InChI=1S/C50H31NO2/c1-2-16-38(17-3-1)51(43-28-26-39(36-24-22-32-12-4-6-14-34(32)30-36)47-41-18-8-10-20-45(41)52-49(43)47)44-29-27-40(37-25-23-33-13-5-7-15-35(33)31-37)48-42-19-9-11-21-46(42)53-50(44)48/h1-31H. The Hall–Kier alpha value is -7.10. The van der Waals surface area contributed by atoms with Crippen LogP contribution in [0, 0.1) is 0 Å². The summed E-state index contributed by atoms with van der Waals surface area (Å²) in [7, 11) is 0. The number of nitrogens with zero attached hydrogens (tertiary/aromatic N) is 1. The predicted octanol–water partition coefficient (Wildman–Crippen LogP) is 14.6. The summed E-state index contributed by atoms with van der Waals surface area (Å²) in [4.78, 5) is 2.30. The minimum absolute atomic E-state index is 0.823. The number of para-hydroxylation sites is 3. The van der Waals surface area contributed by atoms with Crippen LogP contribution in [0.4, 0.5) is 17.1 Å². The van der Waals surface area contributed by atoms with E-state index in [9.17, 15) is 0 Å². The Labute approximate surface area is 305 Å². The lowest BCUT2D eigenvalue weighted by Gasteiger charge is -2.26. The van der Waals surface area contributed by atoms with Crippen molar-refractivity contribution in [1.29, 1.82) is 0 Å². The van der Waals surface area contributed by atoms with E-state index in [0.29, 0.717) is 0 Å². The zero-order chi connectivity index (χ0) is 34.9. The van der Waals surface area contributed by atoms with Crippen LogP contribution in [0.1, 0.15) is 0 Å². The van der Waals surface area contributed by atoms with Gasteiger partial charge in [-0.3, -0.25) is 0 Å². The first-order valence-electron chi connectivity index (χ1n) is 18.0. The Morgan fingerprint density at radius 3 is 1.28 bits per heavy atom. The fourth-order valence-electron chi connectivity index (χ4n) is 8.16. The van der Waals surface area contributed by atoms with E-state index in [1.165, 1.54) is 21.5 Å². The van der Waals surface area contributed by atoms with Crippen molar-refractivity contribution in [2.75, 3.05) is 4.90 Å². The number of anilines is 3. The second kappa shape index (κ2) is 11.7. The van der Waals surface area contributed by atoms with Crippen molar-refractivity contribution in [3.05, 3.63) is 188 Å². The number of hydrogen-bond acceptors (Lipinski definition) is 3. The SMILES string of the molecule is c1ccc(N(c2ccc(-c3ccc4ccccc4c3)c3c2oc2ccccc23)c2ccc(-c3ccc4ccccc4c3)c3c2oc2ccccc23)cc1. The Kier molecular flexibility index (Phi) is 6.55. The molecular formula is C50H31NO2. The fraction of sp³-hybridized carbons (Fsp3) is 0. The second-order valence-electron chi connectivity index (χ2n) is 13.7. The highest BCUT2D eigenvalue weighted by atomic mass is 16.3. The van der Waals surface area contributed by atoms with Crippen LogP contribution < -0.4 is 4.90 Å². The van der Waals surface area contributed by atoms with Crippen LogP contribution in [0.25, 0.3) is 87.7 Å². The topological polar surface area (TPSA) is 29.5 Å². The molecule has 0 aliphatic rings. The predicted molar refractivity (Wildman–Crippen MR) is 222 cm³/mol. The first-order chi connectivity index (χ1) is 26.3. The van der Waals surface area contributed by atoms with E-state index in [4.69, 9.17) is 8.83 Å². The van der Waals surface area contributed by atoms with Crippen molar-refractivity contribution in [2.45, 2.75) is 0 Å². The molecule has 0 aliphatic heterocycles. The van der Waals surface area contributed by atoms with Crippen molar-refractivity contribution in [2.24, 2.45) is 0 Å². The maximum absolute atomic E-state index is 6.89. The summed E-state index contributed by atoms with van der Waals surface area (Å²) in [5, 5.41) is 9.20. The lowest BCUT2D eigenvalue weighted by Crippen LogP contribution is -2.10. The summed E-state index contributed by atoms with van der Waals surface area (Å²) in [6.45, 7) is 0. The zero-order valence-corrected chi connectivity index (χ0v) is 28.7. The number of furan rings is 2. The molecule has 0 aliphatic carbocycles. The van der Waals surface area contributed by atoms with E-state index in [-0.39, 0.29) is 0 Å². The van der Waals surface area contributed by atoms with Gasteiger partial charge in [0.1, 0.15) is 11.2 Å². The van der Waals surface area contributed by atoms with Gasteiger partial charge in [0, 0.05) is 27.2 Å². The largest absolute Gasteiger partial charge is 0.454 e. The highest BCUT2D eigenvalue weighted by molar-refractivity contribution is 6.20. The Bertz CT molecular complexity index is 2990. The highest BCUT2D eigenvalue weighted by Crippen LogP contribution is 2.50. The van der Waals surface area contributed by atoms with Crippen LogP contribution in [0.5, 0.6) is 0 Å². The zero-order valence-electron chi connectivity index (χ0n) is 28.7. The van der Waals surface area contributed by atoms with Gasteiger partial charge < -0.3 is 13.7 Å². The fourth-order valence-corrected chi connectivity index (χ4v) is 8.16. The molecule has 0 saturated carbocycles. The van der Waals surface area contributed by atoms with Gasteiger partial charge in [0.2, 0.25) is 0 Å². The molecule has 0 fully saturated rings. The molecule has 0 bridgehead atoms. The van der Waals surface area contributed by atoms with Crippen LogP contribution >= 0.6 is 0 Å². The third-order valence-corrected chi connectivity index (χ3v) is 10.6. The summed E-state index contributed by atoms with van der Waals surface area (Å²) >= 11 is 0. The highest BCUT2D eigenvalue weighted by Gasteiger charge is 2.26. The Balaban J connectivity index is 1.20. The Morgan fingerprint density at radius 1 is 0.340 bits per heavy atom. The lowest BCUT2D eigenvalue weighted by atomic mass is 9.95. The quantitative estimate of drug-likeness (QED) is 0.182. The first kappa shape index (κ1) is 29.6. The molecule has 11 rings (SSSR count). The molecule has 248 valence electrons. The van der Waals surface area contributed by atoms with E-state index < -0.39 is 0 Å². The molecular weight excluding hydrogens is 647 g/mol. The maximum Gasteiger partial charge on any atom is 0.160 e. The van der Waals surface area contributed by atoms with Crippen LogP contribution in [0.2, 0.25) is 0 Å². The van der Waals surface area contributed by atoms with Gasteiger partial charge in [-0.1, -0.05) is 140 Å². The molecule has 0 radical (unpaired) electrons. The smallest absolute Gasteiger partial charge is 0.160 e. The normalized spacial score (nSPS) is 11.8. The minimum Gasteiger partial charge on any atom is -0.454 e. The average molecular weight is 678 g/mol. The van der Waals surface area contributed by atoms with E-state index in [1.54, 1.807) is 0 Å². The van der Waals surface area contributed by atoms with E-state index in [1.807, 2.05) is 12.1 Å². The first-order valence-corrected chi connectivity index (χ1v) is 18.0. The molecule has 0 N–H and O–H groups in total. The molecule has 0 unspecified atom stereocenters. The second-order valence-corrected chi connectivity index (χ2v) is 13.7. The van der Waals surface area contributed by atoms with Crippen LogP contribution in [-0.2, 0) is 0 Å². The average Bonchev–Trinajstić information content (AvgIpc) is 3.81. The summed E-state index contributed by atoms with van der Waals surface area (Å²) < 4.78 is 13.8. The van der Waals surface area contributed by atoms with Gasteiger partial charge in [-0.2, -0.15) is 0 Å². The van der Waals surface area contributed by atoms with Crippen LogP contribution in [-0.4, -0.2) is 0 Å². The third kappa shape index (κ3) is 4.68. The van der Waals surface area contributed by atoms with Gasteiger partial charge in [0.25, 0.3) is 0 Å². The van der Waals surface area contributed by atoms with Gasteiger partial charge in [-0.15, -0.1) is 0 Å². The molecule has 3 heteroatoms. The van der Waals surface area contributed by atoms with Crippen molar-refractivity contribution >= 4 is 82.5 Å². The maximum atomic E-state index is 6.89. The number of benzene rings is 9. The monoisotopic (exact) mass is 677 g/mol. The molecule has 2 aromatic heterocycles. The number of rotatable bonds is 5. The van der Waals surface area contributed by atoms with Gasteiger partial charge in [0.05, 0.1) is 11.4 Å². The van der Waals surface area contributed by atoms with Crippen molar-refractivity contribution < 1.29 is 8.83 Å². The van der Waals surface area contributed by atoms with E-state index >= 15 is 0 Å². The van der Waals surface area contributed by atoms with Crippen LogP contribution in [0.15, 0.2) is 197 Å². The minimum atomic E-state index is 0.823. The van der Waals surface area contributed by atoms with Crippen LogP contribution in [0.3, 0.4) is 0 Å². The number of hydrogen-bond donors (Lipinski definition) is 0. The molecule has 2 heterocycles. The summed E-state index contributed by atoms with van der Waals surface area (Å²) in [5.41, 5.74) is 10.8. The molecule has 0 spiro atoms. The summed E-state index contributed by atoms with van der Waals surface area (Å²) in [6, 6.07) is 66.6. The molecule has 3 nitrogen and oxygen atoms in total. The van der Waals surface area contributed by atoms with Crippen molar-refractivity contribution in [3.63, 3.8) is 0 Å². The Morgan fingerprint density at radius 2 is 0.774 bits per heavy atom. The van der Waals surface area contributed by atoms with Gasteiger partial charge in [0.15, 0.2) is 11.2 Å². The summed E-state index contributed by atoms with van der Waals surface area (Å²) in [6.07, 6.45) is 0. The molecule has 11 aromatic rings. The molecule has 53 heavy (non-hydrogen) atoms. The molecule has 0 saturated heterocycles. The summed E-state index contributed by atoms with van der Waals surface area (Å²) in [5.74, 6) is 0. The van der Waals surface area contributed by atoms with Crippen molar-refractivity contribution in [1.82, 2.24) is 0 Å². The van der Waals surface area contributed by atoms with E-state index in [2.05, 4.69) is 181 Å². The lowest BCUT2D eigenvalue weighted by molar-refractivity contribution is 0.666. The molecule has 9 aromatic carbocycles.